The first-order valence-electron chi connectivity index (χ1n) is 5.50. The van der Waals surface area contributed by atoms with E-state index >= 15 is 0 Å². The van der Waals surface area contributed by atoms with Gasteiger partial charge in [-0.15, -0.1) is 0 Å². The molecule has 3 nitrogen and oxygen atoms in total. The first-order chi connectivity index (χ1) is 7.22. The normalized spacial score (nSPS) is 15.4. The highest BCUT2D eigenvalue weighted by Gasteiger charge is 2.27. The van der Waals surface area contributed by atoms with Crippen molar-refractivity contribution in [3.05, 3.63) is 15.1 Å². The van der Waals surface area contributed by atoms with E-state index in [9.17, 15) is 0 Å². The van der Waals surface area contributed by atoms with Crippen molar-refractivity contribution in [3.8, 4) is 0 Å². The molecule has 1 aliphatic carbocycles. The Morgan fingerprint density at radius 3 is 2.73 bits per heavy atom. The third kappa shape index (κ3) is 2.59. The van der Waals surface area contributed by atoms with E-state index < -0.39 is 0 Å². The van der Waals surface area contributed by atoms with Crippen LogP contribution in [0.25, 0.3) is 0 Å². The van der Waals surface area contributed by atoms with Gasteiger partial charge in [-0.2, -0.15) is 0 Å². The second-order valence-corrected chi connectivity index (χ2v) is 5.11. The average Bonchev–Trinajstić information content (AvgIpc) is 3.03. The highest BCUT2D eigenvalue weighted by molar-refractivity contribution is 14.1. The maximum atomic E-state index is 4.60. The number of nitrogens with one attached hydrogen (secondary N) is 1. The first-order valence-corrected chi connectivity index (χ1v) is 6.58. The van der Waals surface area contributed by atoms with Gasteiger partial charge in [0.15, 0.2) is 0 Å². The van der Waals surface area contributed by atoms with Crippen molar-refractivity contribution in [3.63, 3.8) is 0 Å². The fourth-order valence-electron chi connectivity index (χ4n) is 1.47. The molecule has 0 bridgehead atoms. The monoisotopic (exact) mass is 317 g/mol. The molecule has 4 heteroatoms. The lowest BCUT2D eigenvalue weighted by molar-refractivity contribution is 0.885. The molecular weight excluding hydrogens is 301 g/mol. The van der Waals surface area contributed by atoms with Crippen LogP contribution in [0.1, 0.15) is 43.6 Å². The molecule has 0 amide bonds. The molecule has 0 aliphatic heterocycles. The summed E-state index contributed by atoms with van der Waals surface area (Å²) in [4.78, 5) is 9.15. The minimum Gasteiger partial charge on any atom is -0.369 e. The predicted molar refractivity (Wildman–Crippen MR) is 70.2 cm³/mol. The molecule has 1 heterocycles. The summed E-state index contributed by atoms with van der Waals surface area (Å²) in [5, 5.41) is 3.37. The van der Waals surface area contributed by atoms with Gasteiger partial charge in [-0.1, -0.05) is 6.92 Å². The van der Waals surface area contributed by atoms with E-state index in [0.29, 0.717) is 5.92 Å². The topological polar surface area (TPSA) is 37.8 Å². The number of rotatable bonds is 4. The number of hydrogen-bond donors (Lipinski definition) is 1. The van der Waals surface area contributed by atoms with Crippen molar-refractivity contribution >= 4 is 28.4 Å². The zero-order chi connectivity index (χ0) is 10.8. The average molecular weight is 317 g/mol. The van der Waals surface area contributed by atoms with E-state index in [1.807, 2.05) is 0 Å². The smallest absolute Gasteiger partial charge is 0.143 e. The third-order valence-corrected chi connectivity index (χ3v) is 3.81. The molecule has 1 aromatic heterocycles. The molecule has 15 heavy (non-hydrogen) atoms. The standard InChI is InChI=1S/C11H16IN3/c1-3-6-13-11-9(12)7(2)14-10(15-11)8-4-5-8/h8H,3-6H2,1-2H3,(H,13,14,15). The van der Waals surface area contributed by atoms with Gasteiger partial charge < -0.3 is 5.32 Å². The minimum atomic E-state index is 0.628. The van der Waals surface area contributed by atoms with Crippen molar-refractivity contribution in [1.82, 2.24) is 9.97 Å². The van der Waals surface area contributed by atoms with Crippen LogP contribution in [-0.2, 0) is 0 Å². The number of anilines is 1. The molecule has 1 aliphatic rings. The van der Waals surface area contributed by atoms with Gasteiger partial charge in [0.1, 0.15) is 11.6 Å². The molecule has 82 valence electrons. The zero-order valence-corrected chi connectivity index (χ0v) is 11.3. The van der Waals surface area contributed by atoms with Gasteiger partial charge in [-0.25, -0.2) is 9.97 Å². The Morgan fingerprint density at radius 1 is 1.40 bits per heavy atom. The van der Waals surface area contributed by atoms with Crippen molar-refractivity contribution < 1.29 is 0 Å². The largest absolute Gasteiger partial charge is 0.369 e. The van der Waals surface area contributed by atoms with Crippen LogP contribution < -0.4 is 5.32 Å². The number of hydrogen-bond acceptors (Lipinski definition) is 3. The van der Waals surface area contributed by atoms with Crippen LogP contribution >= 0.6 is 22.6 Å². The summed E-state index contributed by atoms with van der Waals surface area (Å²) in [6.07, 6.45) is 3.64. The molecule has 1 N–H and O–H groups in total. The molecule has 1 fully saturated rings. The molecule has 0 unspecified atom stereocenters. The van der Waals surface area contributed by atoms with E-state index in [0.717, 1.165) is 33.9 Å². The number of nitrogens with zero attached hydrogens (tertiary/aromatic N) is 2. The van der Waals surface area contributed by atoms with E-state index in [4.69, 9.17) is 0 Å². The highest BCUT2D eigenvalue weighted by atomic mass is 127. The Hall–Kier alpha value is -0.390. The fraction of sp³-hybridized carbons (Fsp3) is 0.636. The van der Waals surface area contributed by atoms with Crippen LogP contribution in [0, 0.1) is 10.5 Å². The SMILES string of the molecule is CCCNc1nc(C2CC2)nc(C)c1I. The third-order valence-electron chi connectivity index (χ3n) is 2.52. The van der Waals surface area contributed by atoms with Crippen LogP contribution in [-0.4, -0.2) is 16.5 Å². The van der Waals surface area contributed by atoms with Gasteiger partial charge in [-0.05, 0) is 48.8 Å². The van der Waals surface area contributed by atoms with Crippen molar-refractivity contribution in [2.75, 3.05) is 11.9 Å². The van der Waals surface area contributed by atoms with Gasteiger partial charge in [0.05, 0.1) is 9.26 Å². The van der Waals surface area contributed by atoms with Crippen molar-refractivity contribution in [2.24, 2.45) is 0 Å². The number of aryl methyl sites for hydroxylation is 1. The summed E-state index contributed by atoms with van der Waals surface area (Å²) in [5.41, 5.74) is 1.10. The van der Waals surface area contributed by atoms with Crippen LogP contribution in [0.15, 0.2) is 0 Å². The molecule has 1 aromatic rings. The van der Waals surface area contributed by atoms with E-state index in [1.165, 1.54) is 12.8 Å². The summed E-state index contributed by atoms with van der Waals surface area (Å²) >= 11 is 2.32. The van der Waals surface area contributed by atoms with Gasteiger partial charge in [0.2, 0.25) is 0 Å². The van der Waals surface area contributed by atoms with Crippen molar-refractivity contribution in [2.45, 2.75) is 39.0 Å². The Balaban J connectivity index is 2.25. The lowest BCUT2D eigenvalue weighted by Gasteiger charge is -2.10. The Morgan fingerprint density at radius 2 is 2.13 bits per heavy atom. The van der Waals surface area contributed by atoms with Crippen molar-refractivity contribution in [1.29, 1.82) is 0 Å². The van der Waals surface area contributed by atoms with Gasteiger partial charge in [0.25, 0.3) is 0 Å². The van der Waals surface area contributed by atoms with Crippen LogP contribution in [0.5, 0.6) is 0 Å². The van der Waals surface area contributed by atoms with Crippen LogP contribution in [0.2, 0.25) is 0 Å². The first kappa shape index (κ1) is 11.1. The molecule has 0 spiro atoms. The molecule has 0 atom stereocenters. The summed E-state index contributed by atoms with van der Waals surface area (Å²) in [6, 6.07) is 0. The highest BCUT2D eigenvalue weighted by Crippen LogP contribution is 2.39. The molecule has 0 saturated heterocycles. The summed E-state index contributed by atoms with van der Waals surface area (Å²) in [6.45, 7) is 5.21. The quantitative estimate of drug-likeness (QED) is 0.867. The summed E-state index contributed by atoms with van der Waals surface area (Å²) < 4.78 is 1.16. The molecule has 2 rings (SSSR count). The Bertz CT molecular complexity index is 361. The lowest BCUT2D eigenvalue weighted by atomic mass is 10.3. The van der Waals surface area contributed by atoms with Crippen LogP contribution in [0.3, 0.4) is 0 Å². The van der Waals surface area contributed by atoms with E-state index in [1.54, 1.807) is 0 Å². The Labute approximate surface area is 104 Å². The maximum absolute atomic E-state index is 4.60. The molecule has 0 radical (unpaired) electrons. The zero-order valence-electron chi connectivity index (χ0n) is 9.18. The number of aromatic nitrogens is 2. The van der Waals surface area contributed by atoms with E-state index in [-0.39, 0.29) is 0 Å². The predicted octanol–water partition coefficient (Wildman–Crippen LogP) is 3.09. The van der Waals surface area contributed by atoms with Gasteiger partial charge in [-0.3, -0.25) is 0 Å². The van der Waals surface area contributed by atoms with Gasteiger partial charge in [0, 0.05) is 12.5 Å². The summed E-state index contributed by atoms with van der Waals surface area (Å²) in [5.74, 6) is 2.68. The second-order valence-electron chi connectivity index (χ2n) is 4.03. The molecule has 0 aromatic carbocycles. The fourth-order valence-corrected chi connectivity index (χ4v) is 1.90. The lowest BCUT2D eigenvalue weighted by Crippen LogP contribution is -2.08. The van der Waals surface area contributed by atoms with Crippen LogP contribution in [0.4, 0.5) is 5.82 Å². The molecular formula is C11H16IN3. The van der Waals surface area contributed by atoms with E-state index in [2.05, 4.69) is 51.7 Å². The second kappa shape index (κ2) is 4.63. The molecule has 1 saturated carbocycles. The maximum Gasteiger partial charge on any atom is 0.143 e. The Kier molecular flexibility index (Phi) is 3.43. The minimum absolute atomic E-state index is 0.628. The summed E-state index contributed by atoms with van der Waals surface area (Å²) in [7, 11) is 0. The van der Waals surface area contributed by atoms with Gasteiger partial charge >= 0.3 is 0 Å². The number of halogens is 1.